The van der Waals surface area contributed by atoms with E-state index in [1.165, 1.54) is 41.6 Å². The number of hydrogen-bond acceptors (Lipinski definition) is 3. The lowest BCUT2D eigenvalue weighted by Crippen LogP contribution is -2.04. The van der Waals surface area contributed by atoms with Crippen LogP contribution in [0, 0.1) is 12.7 Å². The first-order chi connectivity index (χ1) is 9.15. The molecule has 0 aliphatic carbocycles. The number of rotatable bonds is 4. The fourth-order valence-electron chi connectivity index (χ4n) is 1.48. The quantitative estimate of drug-likeness (QED) is 0.479. The smallest absolute Gasteiger partial charge is 0.339 e. The molecule has 0 N–H and O–H groups in total. The van der Waals surface area contributed by atoms with Crippen LogP contribution in [0.2, 0.25) is 0 Å². The van der Waals surface area contributed by atoms with Crippen LogP contribution in [-0.4, -0.2) is 11.9 Å². The number of ether oxygens (including phenoxy) is 1. The minimum Gasteiger partial charge on any atom is -0.451 e. The van der Waals surface area contributed by atoms with Crippen molar-refractivity contribution in [3.63, 3.8) is 0 Å². The summed E-state index contributed by atoms with van der Waals surface area (Å²) in [5, 5.41) is 0. The second kappa shape index (κ2) is 6.38. The number of carbonyl (C=O) groups excluding carboxylic acids is 1. The normalized spacial score (nSPS) is 10.2. The van der Waals surface area contributed by atoms with Crippen molar-refractivity contribution in [2.45, 2.75) is 11.8 Å². The lowest BCUT2D eigenvalue weighted by molar-refractivity contribution is 0.0578. The third-order valence-corrected chi connectivity index (χ3v) is 3.34. The second-order valence-corrected chi connectivity index (χ2v) is 5.01. The molecule has 0 aliphatic rings. The van der Waals surface area contributed by atoms with Crippen molar-refractivity contribution in [1.82, 2.24) is 0 Å². The summed E-state index contributed by atoms with van der Waals surface area (Å²) < 4.78 is 18.0. The van der Waals surface area contributed by atoms with Gasteiger partial charge >= 0.3 is 5.97 Å². The topological polar surface area (TPSA) is 26.3 Å². The van der Waals surface area contributed by atoms with Gasteiger partial charge in [0.15, 0.2) is 0 Å². The zero-order valence-corrected chi connectivity index (χ0v) is 11.2. The molecule has 2 rings (SSSR count). The summed E-state index contributed by atoms with van der Waals surface area (Å²) in [7, 11) is 0. The fourth-order valence-corrected chi connectivity index (χ4v) is 2.11. The van der Waals surface area contributed by atoms with E-state index in [0.717, 1.165) is 4.90 Å². The van der Waals surface area contributed by atoms with E-state index in [1.54, 1.807) is 0 Å². The Morgan fingerprint density at radius 1 is 1.21 bits per heavy atom. The first kappa shape index (κ1) is 13.6. The van der Waals surface area contributed by atoms with Crippen LogP contribution < -0.4 is 0 Å². The second-order valence-electron chi connectivity index (χ2n) is 4.02. The predicted octanol–water partition coefficient (Wildman–Crippen LogP) is 4.04. The van der Waals surface area contributed by atoms with Gasteiger partial charge in [-0.05, 0) is 37.3 Å². The van der Waals surface area contributed by atoms with Crippen molar-refractivity contribution in [1.29, 1.82) is 0 Å². The molecule has 0 atom stereocenters. The van der Waals surface area contributed by atoms with E-state index >= 15 is 0 Å². The summed E-state index contributed by atoms with van der Waals surface area (Å²) in [5.41, 5.74) is 1.41. The maximum absolute atomic E-state index is 12.9. The molecule has 0 saturated carbocycles. The molecule has 0 spiro atoms. The minimum atomic E-state index is -0.515. The minimum absolute atomic E-state index is 0.207. The molecule has 19 heavy (non-hydrogen) atoms. The molecule has 0 fully saturated rings. The molecule has 0 aromatic heterocycles. The molecule has 2 nitrogen and oxygen atoms in total. The molecule has 0 heterocycles. The van der Waals surface area contributed by atoms with Gasteiger partial charge in [0.05, 0.1) is 5.56 Å². The maximum Gasteiger partial charge on any atom is 0.339 e. The van der Waals surface area contributed by atoms with Crippen molar-refractivity contribution in [3.8, 4) is 0 Å². The molecular formula is C15H13FO2S. The molecule has 0 amide bonds. The Morgan fingerprint density at radius 3 is 2.63 bits per heavy atom. The number of aryl methyl sites for hydroxylation is 1. The lowest BCUT2D eigenvalue weighted by atomic mass is 10.2. The number of hydrogen-bond donors (Lipinski definition) is 0. The first-order valence-electron chi connectivity index (χ1n) is 5.77. The van der Waals surface area contributed by atoms with Crippen LogP contribution >= 0.6 is 11.8 Å². The van der Waals surface area contributed by atoms with Crippen LogP contribution in [0.4, 0.5) is 4.39 Å². The van der Waals surface area contributed by atoms with Crippen LogP contribution in [-0.2, 0) is 4.74 Å². The van der Waals surface area contributed by atoms with Gasteiger partial charge in [-0.25, -0.2) is 9.18 Å². The number of esters is 1. The summed E-state index contributed by atoms with van der Waals surface area (Å²) in [5.74, 6) is -0.752. The van der Waals surface area contributed by atoms with Gasteiger partial charge in [0.25, 0.3) is 0 Å². The Hall–Kier alpha value is -1.81. The fraction of sp³-hybridized carbons (Fsp3) is 0.133. The monoisotopic (exact) mass is 276 g/mol. The largest absolute Gasteiger partial charge is 0.451 e. The van der Waals surface area contributed by atoms with Gasteiger partial charge in [0, 0.05) is 4.90 Å². The molecule has 98 valence electrons. The van der Waals surface area contributed by atoms with Gasteiger partial charge in [-0.1, -0.05) is 35.5 Å². The van der Waals surface area contributed by atoms with Crippen molar-refractivity contribution >= 4 is 17.7 Å². The van der Waals surface area contributed by atoms with Crippen LogP contribution in [0.3, 0.4) is 0 Å². The van der Waals surface area contributed by atoms with Crippen LogP contribution in [0.15, 0.2) is 53.4 Å². The molecule has 0 bridgehead atoms. The highest BCUT2D eigenvalue weighted by Crippen LogP contribution is 2.19. The van der Waals surface area contributed by atoms with Crippen molar-refractivity contribution in [2.75, 3.05) is 5.94 Å². The van der Waals surface area contributed by atoms with Crippen molar-refractivity contribution in [2.24, 2.45) is 0 Å². The van der Waals surface area contributed by atoms with E-state index < -0.39 is 11.8 Å². The SMILES string of the molecule is Cc1ccc(SCOC(=O)c2cccc(F)c2)cc1. The highest BCUT2D eigenvalue weighted by atomic mass is 32.2. The van der Waals surface area contributed by atoms with Crippen LogP contribution in [0.1, 0.15) is 15.9 Å². The lowest BCUT2D eigenvalue weighted by Gasteiger charge is -2.05. The van der Waals surface area contributed by atoms with E-state index in [-0.39, 0.29) is 11.5 Å². The summed E-state index contributed by atoms with van der Waals surface area (Å²) in [4.78, 5) is 12.7. The number of thioether (sulfide) groups is 1. The zero-order valence-electron chi connectivity index (χ0n) is 10.4. The highest BCUT2D eigenvalue weighted by molar-refractivity contribution is 7.99. The summed E-state index contributed by atoms with van der Waals surface area (Å²) in [6, 6.07) is 13.4. The Bertz CT molecular complexity index is 567. The molecule has 0 saturated heterocycles. The zero-order chi connectivity index (χ0) is 13.7. The summed E-state index contributed by atoms with van der Waals surface area (Å²) >= 11 is 1.42. The molecule has 0 aliphatic heterocycles. The average Bonchev–Trinajstić information content (AvgIpc) is 2.41. The molecule has 0 unspecified atom stereocenters. The van der Waals surface area contributed by atoms with Crippen molar-refractivity contribution in [3.05, 3.63) is 65.5 Å². The average molecular weight is 276 g/mol. The van der Waals surface area contributed by atoms with Gasteiger partial charge in [0.2, 0.25) is 0 Å². The number of benzene rings is 2. The van der Waals surface area contributed by atoms with E-state index in [1.807, 2.05) is 31.2 Å². The van der Waals surface area contributed by atoms with Gasteiger partial charge < -0.3 is 4.74 Å². The molecule has 2 aromatic rings. The highest BCUT2D eigenvalue weighted by Gasteiger charge is 2.07. The van der Waals surface area contributed by atoms with Gasteiger partial charge in [-0.3, -0.25) is 0 Å². The number of halogens is 1. The summed E-state index contributed by atoms with van der Waals surface area (Å²) in [6.07, 6.45) is 0. The Labute approximate surface area is 115 Å². The molecular weight excluding hydrogens is 263 g/mol. The van der Waals surface area contributed by atoms with E-state index in [9.17, 15) is 9.18 Å². The van der Waals surface area contributed by atoms with Gasteiger partial charge in [-0.2, -0.15) is 0 Å². The van der Waals surface area contributed by atoms with E-state index in [2.05, 4.69) is 0 Å². The third-order valence-electron chi connectivity index (χ3n) is 2.50. The van der Waals surface area contributed by atoms with Gasteiger partial charge in [0.1, 0.15) is 11.8 Å². The van der Waals surface area contributed by atoms with Crippen molar-refractivity contribution < 1.29 is 13.9 Å². The van der Waals surface area contributed by atoms with E-state index in [0.29, 0.717) is 0 Å². The Morgan fingerprint density at radius 2 is 1.95 bits per heavy atom. The third kappa shape index (κ3) is 4.10. The summed E-state index contributed by atoms with van der Waals surface area (Å²) in [6.45, 7) is 2.01. The first-order valence-corrected chi connectivity index (χ1v) is 6.76. The molecule has 2 aromatic carbocycles. The Kier molecular flexibility index (Phi) is 4.58. The van der Waals surface area contributed by atoms with Crippen LogP contribution in [0.25, 0.3) is 0 Å². The van der Waals surface area contributed by atoms with Crippen LogP contribution in [0.5, 0.6) is 0 Å². The van der Waals surface area contributed by atoms with Gasteiger partial charge in [-0.15, -0.1) is 0 Å². The molecule has 0 radical (unpaired) electrons. The standard InChI is InChI=1S/C15H13FO2S/c1-11-5-7-14(8-6-11)19-10-18-15(17)12-3-2-4-13(16)9-12/h2-9H,10H2,1H3. The Balaban J connectivity index is 1.86. The van der Waals surface area contributed by atoms with E-state index in [4.69, 9.17) is 4.74 Å². The number of carbonyl (C=O) groups is 1. The predicted molar refractivity (Wildman–Crippen MR) is 73.7 cm³/mol. The molecule has 4 heteroatoms. The maximum atomic E-state index is 12.9.